The second kappa shape index (κ2) is 6.02. The summed E-state index contributed by atoms with van der Waals surface area (Å²) < 4.78 is 0. The number of rotatable bonds is 5. The molecule has 0 radical (unpaired) electrons. The highest BCUT2D eigenvalue weighted by atomic mass is 32.1. The van der Waals surface area contributed by atoms with E-state index in [1.54, 1.807) is 0 Å². The quantitative estimate of drug-likeness (QED) is 0.830. The van der Waals surface area contributed by atoms with Crippen molar-refractivity contribution in [1.82, 2.24) is 10.3 Å². The number of nitrogens with one attached hydrogen (secondary N) is 1. The standard InChI is InChI=1S/C14H25N3S/c1-4-7-15-10-12-11-16-13(18-12)17-8-5-14(2,3)6-9-17/h11,15H,4-10H2,1-3H3. The summed E-state index contributed by atoms with van der Waals surface area (Å²) in [6.07, 6.45) is 5.77. The monoisotopic (exact) mass is 267 g/mol. The summed E-state index contributed by atoms with van der Waals surface area (Å²) in [5.41, 5.74) is 0.513. The second-order valence-corrected chi connectivity index (χ2v) is 7.03. The van der Waals surface area contributed by atoms with Crippen LogP contribution < -0.4 is 10.2 Å². The molecule has 0 aromatic carbocycles. The van der Waals surface area contributed by atoms with Gasteiger partial charge < -0.3 is 10.2 Å². The van der Waals surface area contributed by atoms with Gasteiger partial charge in [-0.2, -0.15) is 0 Å². The summed E-state index contributed by atoms with van der Waals surface area (Å²) in [6.45, 7) is 11.3. The summed E-state index contributed by atoms with van der Waals surface area (Å²) in [7, 11) is 0. The molecule has 0 amide bonds. The van der Waals surface area contributed by atoms with Crippen molar-refractivity contribution in [3.05, 3.63) is 11.1 Å². The number of anilines is 1. The van der Waals surface area contributed by atoms with Gasteiger partial charge in [0.25, 0.3) is 0 Å². The van der Waals surface area contributed by atoms with Crippen molar-refractivity contribution in [2.24, 2.45) is 5.41 Å². The summed E-state index contributed by atoms with van der Waals surface area (Å²) in [5.74, 6) is 0. The fourth-order valence-electron chi connectivity index (χ4n) is 2.22. The van der Waals surface area contributed by atoms with Crippen LogP contribution in [0.5, 0.6) is 0 Å². The normalized spacial score (nSPS) is 19.2. The van der Waals surface area contributed by atoms with Gasteiger partial charge in [0, 0.05) is 30.7 Å². The molecule has 2 rings (SSSR count). The molecular weight excluding hydrogens is 242 g/mol. The Morgan fingerprint density at radius 3 is 2.78 bits per heavy atom. The Morgan fingerprint density at radius 2 is 2.11 bits per heavy atom. The SMILES string of the molecule is CCCNCc1cnc(N2CCC(C)(C)CC2)s1. The smallest absolute Gasteiger partial charge is 0.185 e. The fourth-order valence-corrected chi connectivity index (χ4v) is 3.15. The highest BCUT2D eigenvalue weighted by Gasteiger charge is 2.26. The summed E-state index contributed by atoms with van der Waals surface area (Å²) in [5, 5.41) is 4.64. The molecule has 0 bridgehead atoms. The first-order valence-corrected chi connectivity index (χ1v) is 7.83. The van der Waals surface area contributed by atoms with Gasteiger partial charge in [-0.25, -0.2) is 4.98 Å². The van der Waals surface area contributed by atoms with E-state index < -0.39 is 0 Å². The van der Waals surface area contributed by atoms with Gasteiger partial charge in [-0.3, -0.25) is 0 Å². The summed E-state index contributed by atoms with van der Waals surface area (Å²) in [6, 6.07) is 0. The molecule has 1 N–H and O–H groups in total. The summed E-state index contributed by atoms with van der Waals surface area (Å²) >= 11 is 1.84. The number of nitrogens with zero attached hydrogens (tertiary/aromatic N) is 2. The van der Waals surface area contributed by atoms with Gasteiger partial charge in [-0.1, -0.05) is 20.8 Å². The predicted octanol–water partition coefficient (Wildman–Crippen LogP) is 3.27. The lowest BCUT2D eigenvalue weighted by Crippen LogP contribution is -2.37. The van der Waals surface area contributed by atoms with Gasteiger partial charge in [0.1, 0.15) is 0 Å². The van der Waals surface area contributed by atoms with Crippen molar-refractivity contribution in [2.75, 3.05) is 24.5 Å². The molecule has 1 aliphatic heterocycles. The Morgan fingerprint density at radius 1 is 1.39 bits per heavy atom. The van der Waals surface area contributed by atoms with Gasteiger partial charge in [0.2, 0.25) is 0 Å². The molecule has 0 saturated carbocycles. The van der Waals surface area contributed by atoms with Gasteiger partial charge in [0.05, 0.1) is 0 Å². The van der Waals surface area contributed by atoms with Crippen molar-refractivity contribution in [3.8, 4) is 0 Å². The maximum Gasteiger partial charge on any atom is 0.185 e. The molecule has 2 heterocycles. The van der Waals surface area contributed by atoms with Crippen LogP contribution in [0.2, 0.25) is 0 Å². The van der Waals surface area contributed by atoms with E-state index in [2.05, 4.69) is 36.0 Å². The second-order valence-electron chi connectivity index (χ2n) is 5.94. The van der Waals surface area contributed by atoms with E-state index in [0.717, 1.165) is 26.2 Å². The van der Waals surface area contributed by atoms with E-state index in [1.165, 1.54) is 29.3 Å². The van der Waals surface area contributed by atoms with Crippen molar-refractivity contribution in [2.45, 2.75) is 46.6 Å². The third-order valence-electron chi connectivity index (χ3n) is 3.65. The molecule has 0 aliphatic carbocycles. The minimum atomic E-state index is 0.513. The number of hydrogen-bond acceptors (Lipinski definition) is 4. The molecule has 102 valence electrons. The zero-order chi connectivity index (χ0) is 13.0. The van der Waals surface area contributed by atoms with Crippen LogP contribution in [0.25, 0.3) is 0 Å². The molecular formula is C14H25N3S. The Labute approximate surface area is 115 Å². The van der Waals surface area contributed by atoms with Crippen LogP contribution in [0.4, 0.5) is 5.13 Å². The van der Waals surface area contributed by atoms with Crippen LogP contribution in [0.3, 0.4) is 0 Å². The molecule has 4 heteroatoms. The van der Waals surface area contributed by atoms with E-state index >= 15 is 0 Å². The molecule has 0 unspecified atom stereocenters. The van der Waals surface area contributed by atoms with Crippen molar-refractivity contribution in [1.29, 1.82) is 0 Å². The van der Waals surface area contributed by atoms with Crippen LogP contribution in [-0.2, 0) is 6.54 Å². The number of hydrogen-bond donors (Lipinski definition) is 1. The maximum atomic E-state index is 4.57. The van der Waals surface area contributed by atoms with Crippen LogP contribution in [0, 0.1) is 5.41 Å². The van der Waals surface area contributed by atoms with E-state index in [0.29, 0.717) is 5.41 Å². The van der Waals surface area contributed by atoms with Crippen molar-refractivity contribution in [3.63, 3.8) is 0 Å². The van der Waals surface area contributed by atoms with Gasteiger partial charge in [-0.05, 0) is 31.2 Å². The number of thiazole rings is 1. The Kier molecular flexibility index (Phi) is 4.62. The molecule has 1 fully saturated rings. The van der Waals surface area contributed by atoms with Crippen LogP contribution in [-0.4, -0.2) is 24.6 Å². The molecule has 1 aliphatic rings. The van der Waals surface area contributed by atoms with Gasteiger partial charge in [-0.15, -0.1) is 11.3 Å². The third-order valence-corrected chi connectivity index (χ3v) is 4.71. The molecule has 1 saturated heterocycles. The lowest BCUT2D eigenvalue weighted by Gasteiger charge is -2.36. The molecule has 0 spiro atoms. The topological polar surface area (TPSA) is 28.2 Å². The van der Waals surface area contributed by atoms with Crippen molar-refractivity contribution < 1.29 is 0 Å². The van der Waals surface area contributed by atoms with Crippen LogP contribution >= 0.6 is 11.3 Å². The third kappa shape index (κ3) is 3.69. The van der Waals surface area contributed by atoms with Gasteiger partial charge in [0.15, 0.2) is 5.13 Å². The summed E-state index contributed by atoms with van der Waals surface area (Å²) in [4.78, 5) is 8.36. The fraction of sp³-hybridized carbons (Fsp3) is 0.786. The lowest BCUT2D eigenvalue weighted by molar-refractivity contribution is 0.280. The zero-order valence-corrected chi connectivity index (χ0v) is 12.6. The predicted molar refractivity (Wildman–Crippen MR) is 79.3 cm³/mol. The minimum Gasteiger partial charge on any atom is -0.348 e. The Hall–Kier alpha value is -0.610. The number of aromatic nitrogens is 1. The minimum absolute atomic E-state index is 0.513. The number of piperidine rings is 1. The van der Waals surface area contributed by atoms with Crippen LogP contribution in [0.15, 0.2) is 6.20 Å². The van der Waals surface area contributed by atoms with E-state index in [-0.39, 0.29) is 0 Å². The Bertz CT molecular complexity index is 363. The first kappa shape index (κ1) is 13.8. The molecule has 0 atom stereocenters. The van der Waals surface area contributed by atoms with Crippen LogP contribution in [0.1, 0.15) is 44.9 Å². The Balaban J connectivity index is 1.86. The first-order chi connectivity index (χ1) is 8.61. The maximum absolute atomic E-state index is 4.57. The van der Waals surface area contributed by atoms with Gasteiger partial charge >= 0.3 is 0 Å². The highest BCUT2D eigenvalue weighted by molar-refractivity contribution is 7.15. The molecule has 1 aromatic heterocycles. The highest BCUT2D eigenvalue weighted by Crippen LogP contribution is 2.33. The van der Waals surface area contributed by atoms with E-state index in [4.69, 9.17) is 0 Å². The average molecular weight is 267 g/mol. The lowest BCUT2D eigenvalue weighted by atomic mass is 9.83. The average Bonchev–Trinajstić information content (AvgIpc) is 2.78. The zero-order valence-electron chi connectivity index (χ0n) is 11.8. The molecule has 1 aromatic rings. The first-order valence-electron chi connectivity index (χ1n) is 7.01. The van der Waals surface area contributed by atoms with E-state index in [9.17, 15) is 0 Å². The largest absolute Gasteiger partial charge is 0.348 e. The molecule has 18 heavy (non-hydrogen) atoms. The molecule has 3 nitrogen and oxygen atoms in total. The van der Waals surface area contributed by atoms with Crippen molar-refractivity contribution >= 4 is 16.5 Å². The van der Waals surface area contributed by atoms with E-state index in [1.807, 2.05) is 17.5 Å².